The Kier molecular flexibility index (Phi) is 2.97. The second-order valence-electron chi connectivity index (χ2n) is 4.98. The summed E-state index contributed by atoms with van der Waals surface area (Å²) in [7, 11) is 0. The fraction of sp³-hybridized carbons (Fsp3) is 1.00. The molecule has 0 N–H and O–H groups in total. The number of nitrogens with zero attached hydrogens (tertiary/aromatic N) is 1. The third-order valence-electron chi connectivity index (χ3n) is 4.12. The van der Waals surface area contributed by atoms with E-state index in [-0.39, 0.29) is 5.54 Å². The van der Waals surface area contributed by atoms with E-state index in [1.807, 2.05) is 0 Å². The second-order valence-corrected chi connectivity index (χ2v) is 6.29. The third kappa shape index (κ3) is 1.73. The highest BCUT2D eigenvalue weighted by molar-refractivity contribution is 8.00. The molecule has 3 heterocycles. The van der Waals surface area contributed by atoms with Gasteiger partial charge in [0.05, 0.1) is 11.6 Å². The lowest BCUT2D eigenvalue weighted by Crippen LogP contribution is -2.53. The van der Waals surface area contributed by atoms with Crippen molar-refractivity contribution in [3.05, 3.63) is 0 Å². The summed E-state index contributed by atoms with van der Waals surface area (Å²) in [6.45, 7) is 2.05. The molecular weight excluding hydrogens is 206 g/mol. The van der Waals surface area contributed by atoms with Gasteiger partial charge >= 0.3 is 0 Å². The first-order valence-corrected chi connectivity index (χ1v) is 7.38. The van der Waals surface area contributed by atoms with E-state index in [1.165, 1.54) is 44.3 Å². The van der Waals surface area contributed by atoms with Gasteiger partial charge in [0.25, 0.3) is 0 Å². The molecule has 3 aliphatic rings. The van der Waals surface area contributed by atoms with E-state index in [2.05, 4.69) is 11.8 Å². The molecule has 1 radical (unpaired) electrons. The molecule has 3 heteroatoms. The van der Waals surface area contributed by atoms with E-state index < -0.39 is 0 Å². The maximum Gasteiger partial charge on any atom is 0.0784 e. The van der Waals surface area contributed by atoms with Gasteiger partial charge in [-0.1, -0.05) is 0 Å². The Bertz CT molecular complexity index is 198. The van der Waals surface area contributed by atoms with Crippen LogP contribution in [-0.4, -0.2) is 35.8 Å². The van der Waals surface area contributed by atoms with Crippen LogP contribution < -0.4 is 5.32 Å². The number of rotatable bonds is 2. The molecule has 3 aliphatic heterocycles. The van der Waals surface area contributed by atoms with E-state index in [9.17, 15) is 0 Å². The maximum absolute atomic E-state index is 5.95. The molecule has 3 rings (SSSR count). The first-order valence-electron chi connectivity index (χ1n) is 6.34. The highest BCUT2D eigenvalue weighted by Crippen LogP contribution is 2.44. The summed E-state index contributed by atoms with van der Waals surface area (Å²) in [6.07, 6.45) is 8.29. The molecule has 0 aromatic rings. The van der Waals surface area contributed by atoms with Crippen LogP contribution in [0.15, 0.2) is 0 Å². The predicted molar refractivity (Wildman–Crippen MR) is 63.4 cm³/mol. The van der Waals surface area contributed by atoms with E-state index in [0.29, 0.717) is 6.10 Å². The third-order valence-corrected chi connectivity index (χ3v) is 5.69. The molecule has 15 heavy (non-hydrogen) atoms. The first-order chi connectivity index (χ1) is 7.42. The molecule has 0 saturated carbocycles. The zero-order chi connectivity index (χ0) is 10.1. The summed E-state index contributed by atoms with van der Waals surface area (Å²) in [5, 5.41) is 5.75. The standard InChI is InChI=1S/C12H20NOS/c1-4-10(14-8-1)12(6-3-7-13-12)11-5-2-9-15-11/h10-11H,1-9H2. The lowest BCUT2D eigenvalue weighted by Gasteiger charge is -2.38. The van der Waals surface area contributed by atoms with Crippen LogP contribution in [0.25, 0.3) is 0 Å². The van der Waals surface area contributed by atoms with Crippen LogP contribution in [-0.2, 0) is 4.74 Å². The van der Waals surface area contributed by atoms with Gasteiger partial charge in [-0.3, -0.25) is 0 Å². The van der Waals surface area contributed by atoms with Gasteiger partial charge in [-0.05, 0) is 44.3 Å². The van der Waals surface area contributed by atoms with Crippen molar-refractivity contribution < 1.29 is 4.74 Å². The van der Waals surface area contributed by atoms with Crippen LogP contribution in [0.3, 0.4) is 0 Å². The van der Waals surface area contributed by atoms with Gasteiger partial charge in [-0.15, -0.1) is 0 Å². The summed E-state index contributed by atoms with van der Waals surface area (Å²) < 4.78 is 5.95. The van der Waals surface area contributed by atoms with Gasteiger partial charge in [-0.25, -0.2) is 5.32 Å². The topological polar surface area (TPSA) is 23.3 Å². The minimum Gasteiger partial charge on any atom is -0.376 e. The van der Waals surface area contributed by atoms with Crippen molar-refractivity contribution in [1.82, 2.24) is 5.32 Å². The fourth-order valence-corrected chi connectivity index (χ4v) is 4.99. The van der Waals surface area contributed by atoms with Crippen molar-refractivity contribution in [3.63, 3.8) is 0 Å². The van der Waals surface area contributed by atoms with Crippen molar-refractivity contribution in [2.75, 3.05) is 18.9 Å². The van der Waals surface area contributed by atoms with Crippen LogP contribution in [0.4, 0.5) is 0 Å². The molecule has 3 fully saturated rings. The Morgan fingerprint density at radius 3 is 2.80 bits per heavy atom. The number of ether oxygens (including phenoxy) is 1. The van der Waals surface area contributed by atoms with E-state index in [4.69, 9.17) is 10.1 Å². The monoisotopic (exact) mass is 226 g/mol. The van der Waals surface area contributed by atoms with Gasteiger partial charge in [0.2, 0.25) is 0 Å². The molecule has 0 amide bonds. The molecule has 3 atom stereocenters. The average Bonchev–Trinajstić information content (AvgIpc) is 3.02. The Morgan fingerprint density at radius 1 is 1.20 bits per heavy atom. The molecule has 0 spiro atoms. The van der Waals surface area contributed by atoms with Crippen LogP contribution in [0.2, 0.25) is 0 Å². The zero-order valence-electron chi connectivity index (χ0n) is 9.28. The Labute approximate surface area is 96.5 Å². The quantitative estimate of drug-likeness (QED) is 0.720. The van der Waals surface area contributed by atoms with Crippen molar-refractivity contribution in [3.8, 4) is 0 Å². The van der Waals surface area contributed by atoms with Crippen LogP contribution in [0, 0.1) is 0 Å². The number of hydrogen-bond donors (Lipinski definition) is 0. The van der Waals surface area contributed by atoms with Gasteiger partial charge in [0.15, 0.2) is 0 Å². The molecule has 2 nitrogen and oxygen atoms in total. The van der Waals surface area contributed by atoms with Crippen LogP contribution in [0.1, 0.15) is 38.5 Å². The van der Waals surface area contributed by atoms with E-state index in [0.717, 1.165) is 18.4 Å². The molecule has 0 aliphatic carbocycles. The number of hydrogen-bond acceptors (Lipinski definition) is 2. The zero-order valence-corrected chi connectivity index (χ0v) is 10.1. The Balaban J connectivity index is 1.80. The summed E-state index contributed by atoms with van der Waals surface area (Å²) in [6, 6.07) is 0. The minimum atomic E-state index is 0.220. The molecule has 3 unspecified atom stereocenters. The molecule has 85 valence electrons. The summed E-state index contributed by atoms with van der Waals surface area (Å²) in [5.41, 5.74) is 0.220. The van der Waals surface area contributed by atoms with Crippen molar-refractivity contribution in [2.45, 2.75) is 55.4 Å². The minimum absolute atomic E-state index is 0.220. The van der Waals surface area contributed by atoms with Gasteiger partial charge in [0, 0.05) is 18.4 Å². The molecule has 0 bridgehead atoms. The van der Waals surface area contributed by atoms with Gasteiger partial charge < -0.3 is 4.74 Å². The highest BCUT2D eigenvalue weighted by Gasteiger charge is 2.50. The lowest BCUT2D eigenvalue weighted by molar-refractivity contribution is 0.0330. The number of thioether (sulfide) groups is 1. The smallest absolute Gasteiger partial charge is 0.0784 e. The normalized spacial score (nSPS) is 46.4. The Morgan fingerprint density at radius 2 is 2.20 bits per heavy atom. The second kappa shape index (κ2) is 4.27. The first kappa shape index (κ1) is 10.4. The van der Waals surface area contributed by atoms with E-state index >= 15 is 0 Å². The summed E-state index contributed by atoms with van der Waals surface area (Å²) >= 11 is 2.15. The molecule has 0 aromatic carbocycles. The van der Waals surface area contributed by atoms with Crippen LogP contribution in [0.5, 0.6) is 0 Å². The predicted octanol–water partition coefficient (Wildman–Crippen LogP) is 2.20. The largest absolute Gasteiger partial charge is 0.376 e. The molecule has 3 saturated heterocycles. The SMILES string of the molecule is C1COC(C2(C3CCCS3)CCC[N]2)C1. The molecular formula is C12H20NOS. The van der Waals surface area contributed by atoms with Crippen molar-refractivity contribution in [2.24, 2.45) is 0 Å². The summed E-state index contributed by atoms with van der Waals surface area (Å²) in [4.78, 5) is 0. The van der Waals surface area contributed by atoms with E-state index in [1.54, 1.807) is 0 Å². The highest BCUT2D eigenvalue weighted by atomic mass is 32.2. The Hall–Kier alpha value is 0.270. The van der Waals surface area contributed by atoms with Gasteiger partial charge in [-0.2, -0.15) is 11.8 Å². The van der Waals surface area contributed by atoms with Gasteiger partial charge in [0.1, 0.15) is 0 Å². The van der Waals surface area contributed by atoms with Crippen molar-refractivity contribution in [1.29, 1.82) is 0 Å². The fourth-order valence-electron chi connectivity index (χ4n) is 3.41. The van der Waals surface area contributed by atoms with Crippen molar-refractivity contribution >= 4 is 11.8 Å². The lowest BCUT2D eigenvalue weighted by atomic mass is 9.83. The van der Waals surface area contributed by atoms with Crippen LogP contribution >= 0.6 is 11.8 Å². The molecule has 0 aromatic heterocycles. The maximum atomic E-state index is 5.95. The average molecular weight is 226 g/mol. The summed E-state index contributed by atoms with van der Waals surface area (Å²) in [5.74, 6) is 1.34.